The number of aryl methyl sites for hydroxylation is 1. The van der Waals surface area contributed by atoms with E-state index in [1.54, 1.807) is 0 Å². The highest BCUT2D eigenvalue weighted by molar-refractivity contribution is 5.89. The van der Waals surface area contributed by atoms with E-state index in [0.29, 0.717) is 0 Å². The first-order valence-electron chi connectivity index (χ1n) is 9.09. The molecule has 24 heavy (non-hydrogen) atoms. The molecule has 0 N–H and O–H groups in total. The maximum absolute atomic E-state index is 5.01. The lowest BCUT2D eigenvalue weighted by Gasteiger charge is -2.15. The predicted octanol–water partition coefficient (Wildman–Crippen LogP) is 4.71. The summed E-state index contributed by atoms with van der Waals surface area (Å²) < 4.78 is 2.23. The quantitative estimate of drug-likeness (QED) is 0.805. The Labute approximate surface area is 144 Å². The van der Waals surface area contributed by atoms with Crippen molar-refractivity contribution < 1.29 is 0 Å². The van der Waals surface area contributed by atoms with Crippen LogP contribution in [0.25, 0.3) is 5.70 Å². The lowest BCUT2D eigenvalue weighted by molar-refractivity contribution is 0.595. The summed E-state index contributed by atoms with van der Waals surface area (Å²) in [5, 5.41) is 5.01. The highest BCUT2D eigenvalue weighted by Crippen LogP contribution is 2.31. The number of benzene rings is 1. The van der Waals surface area contributed by atoms with E-state index in [-0.39, 0.29) is 0 Å². The smallest absolute Gasteiger partial charge is 0.114 e. The van der Waals surface area contributed by atoms with Crippen molar-refractivity contribution in [3.63, 3.8) is 0 Å². The van der Waals surface area contributed by atoms with E-state index in [1.807, 2.05) is 0 Å². The second-order valence-corrected chi connectivity index (χ2v) is 7.10. The van der Waals surface area contributed by atoms with Crippen LogP contribution in [-0.4, -0.2) is 15.5 Å². The van der Waals surface area contributed by atoms with Gasteiger partial charge in [-0.1, -0.05) is 35.9 Å². The molecule has 1 aliphatic carbocycles. The van der Waals surface area contributed by atoms with Crippen LogP contribution in [0.5, 0.6) is 0 Å². The number of aliphatic imine (C=N–C) groups is 1. The molecule has 0 unspecified atom stereocenters. The minimum absolute atomic E-state index is 0.860. The molecule has 0 saturated carbocycles. The van der Waals surface area contributed by atoms with E-state index in [9.17, 15) is 0 Å². The summed E-state index contributed by atoms with van der Waals surface area (Å²) >= 11 is 0. The molecule has 0 radical (unpaired) electrons. The predicted molar refractivity (Wildman–Crippen MR) is 99.5 cm³/mol. The first-order valence-corrected chi connectivity index (χ1v) is 9.09. The fraction of sp³-hybridized carbons (Fsp3) is 0.429. The number of fused-ring (bicyclic) bond motifs is 1. The fourth-order valence-electron chi connectivity index (χ4n) is 3.75. The van der Waals surface area contributed by atoms with Crippen LogP contribution in [0.3, 0.4) is 0 Å². The summed E-state index contributed by atoms with van der Waals surface area (Å²) in [6.45, 7) is 5.12. The average Bonchev–Trinajstić information content (AvgIpc) is 2.96. The van der Waals surface area contributed by atoms with Gasteiger partial charge in [0.25, 0.3) is 0 Å². The molecule has 2 aromatic rings. The third kappa shape index (κ3) is 2.95. The molecule has 1 aromatic heterocycles. The summed E-state index contributed by atoms with van der Waals surface area (Å²) in [6, 6.07) is 8.80. The van der Waals surface area contributed by atoms with Crippen molar-refractivity contribution in [2.75, 3.05) is 0 Å². The zero-order valence-corrected chi connectivity index (χ0v) is 14.7. The maximum Gasteiger partial charge on any atom is 0.114 e. The molecule has 3 nitrogen and oxygen atoms in total. The normalized spacial score (nSPS) is 17.2. The topological polar surface area (TPSA) is 30.2 Å². The van der Waals surface area contributed by atoms with Crippen molar-refractivity contribution in [2.24, 2.45) is 4.99 Å². The molecule has 2 heterocycles. The molecule has 1 aliphatic heterocycles. The highest BCUT2D eigenvalue weighted by Gasteiger charge is 2.23. The number of rotatable bonds is 3. The minimum atomic E-state index is 0.860. The first-order chi connectivity index (χ1) is 11.7. The summed E-state index contributed by atoms with van der Waals surface area (Å²) in [7, 11) is 0. The molecule has 4 rings (SSSR count). The lowest BCUT2D eigenvalue weighted by Crippen LogP contribution is -2.10. The Morgan fingerprint density at radius 1 is 1.00 bits per heavy atom. The molecule has 0 saturated heterocycles. The third-order valence-electron chi connectivity index (χ3n) is 5.11. The van der Waals surface area contributed by atoms with Gasteiger partial charge >= 0.3 is 0 Å². The fourth-order valence-corrected chi connectivity index (χ4v) is 3.75. The van der Waals surface area contributed by atoms with Crippen LogP contribution >= 0.6 is 0 Å². The molecule has 0 spiro atoms. The standard InChI is InChI=1S/C21H25N3/c1-15-10-12-17(13-11-15)14-24-20-9-4-3-7-18(20)21(23-24)19-8-5-6-16(2)22-19/h8,10-13H,3-7,9,14H2,1-2H3. The van der Waals surface area contributed by atoms with E-state index in [2.05, 4.69) is 48.9 Å². The Hall–Kier alpha value is -2.16. The summed E-state index contributed by atoms with van der Waals surface area (Å²) in [6.07, 6.45) is 9.26. The third-order valence-corrected chi connectivity index (χ3v) is 5.11. The van der Waals surface area contributed by atoms with Gasteiger partial charge in [0.05, 0.1) is 12.2 Å². The molecule has 2 aliphatic rings. The second-order valence-electron chi connectivity index (χ2n) is 7.10. The molecule has 0 bridgehead atoms. The Morgan fingerprint density at radius 3 is 2.58 bits per heavy atom. The molecule has 3 heteroatoms. The van der Waals surface area contributed by atoms with Crippen molar-refractivity contribution in [1.29, 1.82) is 0 Å². The molecular formula is C21H25N3. The summed E-state index contributed by atoms with van der Waals surface area (Å²) in [5.74, 6) is 0. The van der Waals surface area contributed by atoms with Crippen LogP contribution in [0.4, 0.5) is 0 Å². The highest BCUT2D eigenvalue weighted by atomic mass is 15.3. The van der Waals surface area contributed by atoms with Crippen LogP contribution < -0.4 is 0 Å². The van der Waals surface area contributed by atoms with Crippen molar-refractivity contribution in [2.45, 2.75) is 58.9 Å². The Kier molecular flexibility index (Phi) is 4.09. The van der Waals surface area contributed by atoms with Gasteiger partial charge in [-0.05, 0) is 57.9 Å². The molecule has 124 valence electrons. The van der Waals surface area contributed by atoms with Gasteiger partial charge in [0.2, 0.25) is 0 Å². The van der Waals surface area contributed by atoms with E-state index in [4.69, 9.17) is 10.1 Å². The number of aromatic nitrogens is 2. The molecular weight excluding hydrogens is 294 g/mol. The monoisotopic (exact) mass is 319 g/mol. The Balaban J connectivity index is 1.72. The number of allylic oxidation sites excluding steroid dienone is 1. The average molecular weight is 319 g/mol. The molecule has 0 fully saturated rings. The number of hydrogen-bond donors (Lipinski definition) is 0. The van der Waals surface area contributed by atoms with Gasteiger partial charge < -0.3 is 0 Å². The van der Waals surface area contributed by atoms with Gasteiger partial charge in [-0.15, -0.1) is 0 Å². The summed E-state index contributed by atoms with van der Waals surface area (Å²) in [5.41, 5.74) is 8.95. The van der Waals surface area contributed by atoms with Gasteiger partial charge in [-0.25, -0.2) is 0 Å². The van der Waals surface area contributed by atoms with E-state index in [0.717, 1.165) is 43.6 Å². The largest absolute Gasteiger partial charge is 0.264 e. The van der Waals surface area contributed by atoms with Crippen molar-refractivity contribution in [1.82, 2.24) is 9.78 Å². The Bertz CT molecular complexity index is 806. The maximum atomic E-state index is 5.01. The molecule has 1 aromatic carbocycles. The van der Waals surface area contributed by atoms with Crippen molar-refractivity contribution in [3.05, 3.63) is 58.4 Å². The van der Waals surface area contributed by atoms with Gasteiger partial charge in [0, 0.05) is 17.0 Å². The SMILES string of the molecule is CC1=NC(c2nn(Cc3ccc(C)cc3)c3c2CCCC3)=CCC1. The second kappa shape index (κ2) is 6.39. The van der Waals surface area contributed by atoms with E-state index < -0.39 is 0 Å². The van der Waals surface area contributed by atoms with Gasteiger partial charge in [-0.3, -0.25) is 9.67 Å². The van der Waals surface area contributed by atoms with Crippen molar-refractivity contribution in [3.8, 4) is 0 Å². The zero-order valence-electron chi connectivity index (χ0n) is 14.7. The lowest BCUT2D eigenvalue weighted by atomic mass is 9.94. The van der Waals surface area contributed by atoms with Crippen LogP contribution in [0.15, 0.2) is 35.3 Å². The summed E-state index contributed by atoms with van der Waals surface area (Å²) in [4.78, 5) is 4.79. The van der Waals surface area contributed by atoms with Crippen LogP contribution in [0.2, 0.25) is 0 Å². The number of hydrogen-bond acceptors (Lipinski definition) is 2. The van der Waals surface area contributed by atoms with Crippen LogP contribution in [0, 0.1) is 6.92 Å². The van der Waals surface area contributed by atoms with Gasteiger partial charge in [0.1, 0.15) is 5.69 Å². The van der Waals surface area contributed by atoms with Crippen molar-refractivity contribution >= 4 is 11.4 Å². The Morgan fingerprint density at radius 2 is 1.79 bits per heavy atom. The number of nitrogens with zero attached hydrogens (tertiary/aromatic N) is 3. The van der Waals surface area contributed by atoms with Crippen LogP contribution in [0.1, 0.15) is 60.7 Å². The zero-order chi connectivity index (χ0) is 16.5. The van der Waals surface area contributed by atoms with E-state index in [1.165, 1.54) is 40.9 Å². The molecule has 0 atom stereocenters. The van der Waals surface area contributed by atoms with E-state index >= 15 is 0 Å². The van der Waals surface area contributed by atoms with Crippen LogP contribution in [-0.2, 0) is 19.4 Å². The van der Waals surface area contributed by atoms with Gasteiger partial charge in [-0.2, -0.15) is 5.10 Å². The minimum Gasteiger partial charge on any atom is -0.264 e. The molecule has 0 amide bonds. The first kappa shape index (κ1) is 15.4. The van der Waals surface area contributed by atoms with Gasteiger partial charge in [0.15, 0.2) is 0 Å².